The van der Waals surface area contributed by atoms with Gasteiger partial charge < -0.3 is 10.2 Å². The minimum Gasteiger partial charge on any atom is -0.353 e. The van der Waals surface area contributed by atoms with E-state index in [0.717, 1.165) is 31.4 Å². The molecule has 1 aromatic rings. The van der Waals surface area contributed by atoms with Gasteiger partial charge in [-0.1, -0.05) is 11.6 Å². The van der Waals surface area contributed by atoms with Crippen molar-refractivity contribution in [2.75, 3.05) is 24.5 Å². The number of anilines is 1. The van der Waals surface area contributed by atoms with Gasteiger partial charge in [0, 0.05) is 19.1 Å². The fraction of sp³-hybridized carbons (Fsp3) is 0.636. The molecule has 0 aromatic carbocycles. The van der Waals surface area contributed by atoms with Crippen molar-refractivity contribution in [2.45, 2.75) is 18.9 Å². The number of halogens is 1. The van der Waals surface area contributed by atoms with E-state index < -0.39 is 0 Å². The van der Waals surface area contributed by atoms with Crippen molar-refractivity contribution >= 4 is 17.4 Å². The fourth-order valence-corrected chi connectivity index (χ4v) is 2.98. The summed E-state index contributed by atoms with van der Waals surface area (Å²) in [6.07, 6.45) is 5.83. The van der Waals surface area contributed by atoms with E-state index >= 15 is 0 Å². The molecule has 2 saturated heterocycles. The third-order valence-electron chi connectivity index (χ3n) is 3.55. The van der Waals surface area contributed by atoms with Gasteiger partial charge in [0.25, 0.3) is 0 Å². The molecule has 5 heteroatoms. The zero-order chi connectivity index (χ0) is 11.0. The Morgan fingerprint density at radius 3 is 3.19 bits per heavy atom. The molecule has 0 unspecified atom stereocenters. The Hall–Kier alpha value is -0.870. The molecular formula is C11H15ClN4. The average Bonchev–Trinajstić information content (AvgIpc) is 2.73. The molecule has 2 aliphatic heterocycles. The van der Waals surface area contributed by atoms with E-state index in [1.54, 1.807) is 12.5 Å². The Labute approximate surface area is 100 Å². The van der Waals surface area contributed by atoms with Crippen LogP contribution >= 0.6 is 11.6 Å². The summed E-state index contributed by atoms with van der Waals surface area (Å²) in [5.41, 5.74) is 0. The monoisotopic (exact) mass is 238 g/mol. The first-order chi connectivity index (χ1) is 7.84. The van der Waals surface area contributed by atoms with Crippen molar-refractivity contribution in [1.29, 1.82) is 0 Å². The molecule has 0 radical (unpaired) electrons. The van der Waals surface area contributed by atoms with E-state index in [1.165, 1.54) is 12.8 Å². The summed E-state index contributed by atoms with van der Waals surface area (Å²) in [6, 6.07) is 0.611. The molecule has 2 fully saturated rings. The Morgan fingerprint density at radius 1 is 1.44 bits per heavy atom. The second-order valence-corrected chi connectivity index (χ2v) is 4.97. The predicted octanol–water partition coefficient (Wildman–Crippen LogP) is 1.32. The number of nitrogens with one attached hydrogen (secondary N) is 1. The molecule has 86 valence electrons. The highest BCUT2D eigenvalue weighted by Crippen LogP contribution is 2.30. The highest BCUT2D eigenvalue weighted by Gasteiger charge is 2.35. The Kier molecular flexibility index (Phi) is 2.69. The lowest BCUT2D eigenvalue weighted by Crippen LogP contribution is -2.40. The SMILES string of the molecule is Clc1cncnc1N1C[C@@H]2CCCN[C@@H]2C1. The number of aromatic nitrogens is 2. The van der Waals surface area contributed by atoms with Gasteiger partial charge in [-0.05, 0) is 25.3 Å². The Bertz CT molecular complexity index is 370. The number of piperidine rings is 1. The molecule has 3 rings (SSSR count). The molecule has 0 amide bonds. The number of rotatable bonds is 1. The van der Waals surface area contributed by atoms with Gasteiger partial charge in [-0.3, -0.25) is 0 Å². The van der Waals surface area contributed by atoms with E-state index in [2.05, 4.69) is 20.2 Å². The zero-order valence-electron chi connectivity index (χ0n) is 9.06. The van der Waals surface area contributed by atoms with E-state index in [1.807, 2.05) is 0 Å². The van der Waals surface area contributed by atoms with E-state index in [4.69, 9.17) is 11.6 Å². The number of nitrogens with zero attached hydrogens (tertiary/aromatic N) is 3. The third-order valence-corrected chi connectivity index (χ3v) is 3.81. The van der Waals surface area contributed by atoms with Crippen LogP contribution in [0.1, 0.15) is 12.8 Å². The second kappa shape index (κ2) is 4.18. The van der Waals surface area contributed by atoms with Gasteiger partial charge in [0.15, 0.2) is 5.82 Å². The zero-order valence-corrected chi connectivity index (χ0v) is 9.82. The van der Waals surface area contributed by atoms with Crippen LogP contribution in [0.4, 0.5) is 5.82 Å². The van der Waals surface area contributed by atoms with Gasteiger partial charge >= 0.3 is 0 Å². The molecule has 0 spiro atoms. The quantitative estimate of drug-likeness (QED) is 0.801. The molecule has 2 atom stereocenters. The molecule has 1 N–H and O–H groups in total. The van der Waals surface area contributed by atoms with Crippen LogP contribution in [-0.2, 0) is 0 Å². The molecule has 3 heterocycles. The summed E-state index contributed by atoms with van der Waals surface area (Å²) >= 11 is 6.11. The summed E-state index contributed by atoms with van der Waals surface area (Å²) in [4.78, 5) is 10.5. The maximum atomic E-state index is 6.11. The third kappa shape index (κ3) is 1.76. The van der Waals surface area contributed by atoms with Gasteiger partial charge in [-0.2, -0.15) is 0 Å². The summed E-state index contributed by atoms with van der Waals surface area (Å²) < 4.78 is 0. The molecule has 16 heavy (non-hydrogen) atoms. The van der Waals surface area contributed by atoms with Crippen LogP contribution in [0.25, 0.3) is 0 Å². The first kappa shape index (κ1) is 10.3. The summed E-state index contributed by atoms with van der Waals surface area (Å²) in [7, 11) is 0. The lowest BCUT2D eigenvalue weighted by Gasteiger charge is -2.24. The highest BCUT2D eigenvalue weighted by molar-refractivity contribution is 6.32. The maximum absolute atomic E-state index is 6.11. The van der Waals surface area contributed by atoms with Crippen LogP contribution in [0.2, 0.25) is 5.02 Å². The van der Waals surface area contributed by atoms with E-state index in [0.29, 0.717) is 11.1 Å². The molecule has 1 aromatic heterocycles. The van der Waals surface area contributed by atoms with Crippen LogP contribution in [0.15, 0.2) is 12.5 Å². The van der Waals surface area contributed by atoms with Crippen LogP contribution in [0.5, 0.6) is 0 Å². The van der Waals surface area contributed by atoms with Crippen LogP contribution in [0, 0.1) is 5.92 Å². The van der Waals surface area contributed by atoms with Crippen LogP contribution in [0.3, 0.4) is 0 Å². The number of hydrogen-bond acceptors (Lipinski definition) is 4. The van der Waals surface area contributed by atoms with Crippen molar-refractivity contribution in [1.82, 2.24) is 15.3 Å². The van der Waals surface area contributed by atoms with E-state index in [9.17, 15) is 0 Å². The molecule has 0 saturated carbocycles. The smallest absolute Gasteiger partial charge is 0.150 e. The largest absolute Gasteiger partial charge is 0.353 e. The summed E-state index contributed by atoms with van der Waals surface area (Å²) in [5.74, 6) is 1.63. The predicted molar refractivity (Wildman–Crippen MR) is 63.8 cm³/mol. The molecule has 4 nitrogen and oxygen atoms in total. The normalized spacial score (nSPS) is 29.2. The van der Waals surface area contributed by atoms with Crippen molar-refractivity contribution in [2.24, 2.45) is 5.92 Å². The van der Waals surface area contributed by atoms with Crippen molar-refractivity contribution in [3.8, 4) is 0 Å². The van der Waals surface area contributed by atoms with Crippen molar-refractivity contribution in [3.05, 3.63) is 17.5 Å². The Balaban J connectivity index is 1.80. The van der Waals surface area contributed by atoms with Crippen molar-refractivity contribution in [3.63, 3.8) is 0 Å². The molecular weight excluding hydrogens is 224 g/mol. The topological polar surface area (TPSA) is 41.1 Å². The highest BCUT2D eigenvalue weighted by atomic mass is 35.5. The van der Waals surface area contributed by atoms with Crippen LogP contribution in [-0.4, -0.2) is 35.6 Å². The lowest BCUT2D eigenvalue weighted by atomic mass is 9.94. The second-order valence-electron chi connectivity index (χ2n) is 4.56. The van der Waals surface area contributed by atoms with Crippen molar-refractivity contribution < 1.29 is 0 Å². The van der Waals surface area contributed by atoms with Gasteiger partial charge in [0.05, 0.1) is 6.20 Å². The minimum absolute atomic E-state index is 0.611. The van der Waals surface area contributed by atoms with Gasteiger partial charge in [0.1, 0.15) is 11.3 Å². The average molecular weight is 239 g/mol. The summed E-state index contributed by atoms with van der Waals surface area (Å²) in [6.45, 7) is 3.22. The van der Waals surface area contributed by atoms with Crippen LogP contribution < -0.4 is 10.2 Å². The number of fused-ring (bicyclic) bond motifs is 1. The van der Waals surface area contributed by atoms with Gasteiger partial charge in [-0.25, -0.2) is 9.97 Å². The lowest BCUT2D eigenvalue weighted by molar-refractivity contribution is 0.340. The maximum Gasteiger partial charge on any atom is 0.150 e. The van der Waals surface area contributed by atoms with Gasteiger partial charge in [-0.15, -0.1) is 0 Å². The molecule has 2 aliphatic rings. The van der Waals surface area contributed by atoms with Gasteiger partial charge in [0.2, 0.25) is 0 Å². The minimum atomic E-state index is 0.611. The number of hydrogen-bond donors (Lipinski definition) is 1. The van der Waals surface area contributed by atoms with E-state index in [-0.39, 0.29) is 0 Å². The standard InChI is InChI=1S/C11H15ClN4/c12-9-4-13-7-15-11(9)16-5-8-2-1-3-14-10(8)6-16/h4,7-8,10,14H,1-3,5-6H2/t8-,10+/m0/s1. The molecule has 0 bridgehead atoms. The molecule has 0 aliphatic carbocycles. The fourth-order valence-electron chi connectivity index (χ4n) is 2.76. The Morgan fingerprint density at radius 2 is 2.38 bits per heavy atom. The first-order valence-corrected chi connectivity index (χ1v) is 6.16. The summed E-state index contributed by atoms with van der Waals surface area (Å²) in [5, 5.41) is 4.23. The first-order valence-electron chi connectivity index (χ1n) is 5.78.